The van der Waals surface area contributed by atoms with E-state index >= 15 is 0 Å². The van der Waals surface area contributed by atoms with Crippen molar-refractivity contribution in [2.75, 3.05) is 25.2 Å². The van der Waals surface area contributed by atoms with Gasteiger partial charge in [0.15, 0.2) is 7.37 Å². The van der Waals surface area contributed by atoms with Crippen LogP contribution in [0.2, 0.25) is 0 Å². The molecule has 0 aliphatic heterocycles. The van der Waals surface area contributed by atoms with Crippen LogP contribution in [0.1, 0.15) is 12.8 Å². The van der Waals surface area contributed by atoms with Gasteiger partial charge < -0.3 is 39.8 Å². The number of carboxylic acid groups (broad SMARTS) is 3. The molecule has 0 heterocycles. The minimum Gasteiger partial charge on any atom is -0.481 e. The van der Waals surface area contributed by atoms with Crippen molar-refractivity contribution < 1.29 is 67.9 Å². The van der Waals surface area contributed by atoms with E-state index in [4.69, 9.17) is 39.8 Å². The average molecular weight is 446 g/mol. The molecular weight excluding hydrogens is 425 g/mol. The van der Waals surface area contributed by atoms with E-state index in [1.54, 1.807) is 0 Å². The smallest absolute Gasteiger partial charge is 0.336 e. The molecule has 0 saturated carbocycles. The first kappa shape index (κ1) is 29.7. The van der Waals surface area contributed by atoms with Gasteiger partial charge in [0.2, 0.25) is 0 Å². The van der Waals surface area contributed by atoms with Crippen LogP contribution in [0.4, 0.5) is 0 Å². The maximum absolute atomic E-state index is 10.4. The molecule has 0 fully saturated rings. The number of carboxylic acids is 3. The molecule has 17 heteroatoms. The highest BCUT2D eigenvalue weighted by molar-refractivity contribution is 7.57. The topological polar surface area (TPSA) is 264 Å². The van der Waals surface area contributed by atoms with Crippen LogP contribution in [0.25, 0.3) is 0 Å². The van der Waals surface area contributed by atoms with Gasteiger partial charge in [-0.2, -0.15) is 0 Å². The molecule has 8 N–H and O–H groups in total. The third-order valence-corrected chi connectivity index (χ3v) is 4.24. The molecule has 14 nitrogen and oxygen atoms in total. The summed E-state index contributed by atoms with van der Waals surface area (Å²) in [5.41, 5.74) is 0. The zero-order valence-corrected chi connectivity index (χ0v) is 16.1. The summed E-state index contributed by atoms with van der Waals surface area (Å²) < 4.78 is 30.1. The number of carbonyl (C=O) groups is 3. The highest BCUT2D eigenvalue weighted by atomic mass is 31.2. The fraction of sp³-hybridized carbons (Fsp3) is 0.667. The number of rotatable bonds is 8. The van der Waals surface area contributed by atoms with E-state index < -0.39 is 59.2 Å². The first-order valence-electron chi connectivity index (χ1n) is 6.29. The summed E-state index contributed by atoms with van der Waals surface area (Å²) in [6.07, 6.45) is -2.52. The summed E-state index contributed by atoms with van der Waals surface area (Å²) in [7, 11) is -11.5. The number of hydrogen-bond donors (Lipinski definition) is 8. The van der Waals surface area contributed by atoms with Crippen LogP contribution in [0.5, 0.6) is 0 Å². The zero-order valence-electron chi connectivity index (χ0n) is 13.4. The van der Waals surface area contributed by atoms with Gasteiger partial charge in [0.1, 0.15) is 6.16 Å². The van der Waals surface area contributed by atoms with E-state index in [0.29, 0.717) is 0 Å². The average Bonchev–Trinajstić information content (AvgIpc) is 2.31. The monoisotopic (exact) mass is 446 g/mol. The SMILES string of the molecule is CP(=O)(O)CCC(=O)O.O=C(O)CCP(=O)(O)O.O=C(O)CP(=O)(O)O. The van der Waals surface area contributed by atoms with Crippen molar-refractivity contribution in [2.24, 2.45) is 0 Å². The van der Waals surface area contributed by atoms with Crippen molar-refractivity contribution in [3.8, 4) is 0 Å². The molecule has 0 aliphatic carbocycles. The Kier molecular flexibility index (Phi) is 15.0. The van der Waals surface area contributed by atoms with Crippen molar-refractivity contribution in [1.82, 2.24) is 0 Å². The lowest BCUT2D eigenvalue weighted by molar-refractivity contribution is -0.137. The van der Waals surface area contributed by atoms with Crippen LogP contribution in [0, 0.1) is 0 Å². The molecule has 0 bridgehead atoms. The van der Waals surface area contributed by atoms with Gasteiger partial charge in [0.25, 0.3) is 0 Å². The largest absolute Gasteiger partial charge is 0.481 e. The maximum atomic E-state index is 10.4. The maximum Gasteiger partial charge on any atom is 0.336 e. The molecular formula is C9H21O14P3. The van der Waals surface area contributed by atoms with Gasteiger partial charge in [-0.1, -0.05) is 0 Å². The van der Waals surface area contributed by atoms with Crippen molar-refractivity contribution in [3.63, 3.8) is 0 Å². The molecule has 1 unspecified atom stereocenters. The molecule has 0 aromatic rings. The first-order chi connectivity index (χ1) is 11.2. The molecule has 1 atom stereocenters. The number of hydrogen-bond acceptors (Lipinski definition) is 6. The van der Waals surface area contributed by atoms with Gasteiger partial charge in [-0.25, -0.2) is 0 Å². The highest BCUT2D eigenvalue weighted by Crippen LogP contribution is 2.35. The highest BCUT2D eigenvalue weighted by Gasteiger charge is 2.17. The summed E-state index contributed by atoms with van der Waals surface area (Å²) in [6, 6.07) is 0. The second kappa shape index (κ2) is 13.1. The van der Waals surface area contributed by atoms with E-state index in [9.17, 15) is 28.1 Å². The minimum absolute atomic E-state index is 0.137. The van der Waals surface area contributed by atoms with E-state index in [1.165, 1.54) is 0 Å². The quantitative estimate of drug-likeness (QED) is 0.213. The molecule has 0 aromatic heterocycles. The van der Waals surface area contributed by atoms with Crippen molar-refractivity contribution >= 4 is 40.5 Å². The molecule has 0 aliphatic rings. The molecule has 0 amide bonds. The van der Waals surface area contributed by atoms with Crippen molar-refractivity contribution in [1.29, 1.82) is 0 Å². The lowest BCUT2D eigenvalue weighted by Gasteiger charge is -1.99. The third kappa shape index (κ3) is 43.4. The molecule has 0 saturated heterocycles. The van der Waals surface area contributed by atoms with Crippen LogP contribution in [0.15, 0.2) is 0 Å². The Bertz CT molecular complexity index is 559. The van der Waals surface area contributed by atoms with Gasteiger partial charge in [-0.05, 0) is 0 Å². The lowest BCUT2D eigenvalue weighted by atomic mass is 10.5. The summed E-state index contributed by atoms with van der Waals surface area (Å²) in [4.78, 5) is 69.7. The molecule has 0 radical (unpaired) electrons. The van der Waals surface area contributed by atoms with E-state index in [2.05, 4.69) is 0 Å². The van der Waals surface area contributed by atoms with Gasteiger partial charge in [0, 0.05) is 12.8 Å². The molecule has 0 rings (SSSR count). The Morgan fingerprint density at radius 2 is 1.00 bits per heavy atom. The zero-order chi connectivity index (χ0) is 21.8. The van der Waals surface area contributed by atoms with Crippen LogP contribution < -0.4 is 0 Å². The summed E-state index contributed by atoms with van der Waals surface area (Å²) in [5, 5.41) is 23.7. The second-order valence-corrected chi connectivity index (χ2v) is 10.6. The molecule has 156 valence electrons. The van der Waals surface area contributed by atoms with E-state index in [1.807, 2.05) is 0 Å². The Hall–Kier alpha value is -1.10. The van der Waals surface area contributed by atoms with Gasteiger partial charge in [-0.3, -0.25) is 28.1 Å². The van der Waals surface area contributed by atoms with Crippen LogP contribution in [0.3, 0.4) is 0 Å². The summed E-state index contributed by atoms with van der Waals surface area (Å²) in [5.74, 6) is -3.72. The third-order valence-electron chi connectivity index (χ3n) is 1.70. The minimum atomic E-state index is -4.32. The summed E-state index contributed by atoms with van der Waals surface area (Å²) in [6.45, 7) is 1.15. The van der Waals surface area contributed by atoms with Gasteiger partial charge in [0.05, 0.1) is 19.0 Å². The van der Waals surface area contributed by atoms with Crippen molar-refractivity contribution in [3.05, 3.63) is 0 Å². The van der Waals surface area contributed by atoms with E-state index in [0.717, 1.165) is 6.66 Å². The fourth-order valence-corrected chi connectivity index (χ4v) is 2.16. The number of aliphatic carboxylic acids is 3. The van der Waals surface area contributed by atoms with Crippen LogP contribution in [-0.4, -0.2) is 82.8 Å². The first-order valence-corrected chi connectivity index (χ1v) is 12.2. The van der Waals surface area contributed by atoms with E-state index in [-0.39, 0.29) is 12.6 Å². The Morgan fingerprint density at radius 3 is 1.08 bits per heavy atom. The Labute approximate surface area is 147 Å². The van der Waals surface area contributed by atoms with Gasteiger partial charge >= 0.3 is 33.1 Å². The fourth-order valence-electron chi connectivity index (χ4n) is 0.721. The van der Waals surface area contributed by atoms with Crippen LogP contribution in [-0.2, 0) is 28.1 Å². The molecule has 0 aromatic carbocycles. The molecule has 26 heavy (non-hydrogen) atoms. The Balaban J connectivity index is -0.000000306. The van der Waals surface area contributed by atoms with Crippen LogP contribution >= 0.6 is 22.6 Å². The summed E-state index contributed by atoms with van der Waals surface area (Å²) >= 11 is 0. The normalized spacial score (nSPS) is 13.2. The van der Waals surface area contributed by atoms with Gasteiger partial charge in [-0.15, -0.1) is 0 Å². The predicted octanol–water partition coefficient (Wildman–Crippen LogP) is -0.751. The standard InChI is InChI=1S/C4H9O4P.C3H7O5P.C2H5O5P/c1-9(7,8)3-2-4(5)6;4-3(5)1-2-9(6,7)8;3-2(4)1-8(5,6)7/h2-3H2,1H3,(H,5,6)(H,7,8);1-2H2,(H,4,5)(H2,6,7,8);1H2,(H,3,4)(H2,5,6,7). The second-order valence-electron chi connectivity index (χ2n) is 4.67. The molecule has 0 spiro atoms. The Morgan fingerprint density at radius 1 is 0.654 bits per heavy atom. The lowest BCUT2D eigenvalue weighted by Crippen LogP contribution is -2.01. The van der Waals surface area contributed by atoms with Crippen molar-refractivity contribution in [2.45, 2.75) is 12.8 Å². The predicted molar refractivity (Wildman–Crippen MR) is 86.6 cm³/mol.